The summed E-state index contributed by atoms with van der Waals surface area (Å²) in [5.74, 6) is 1.72. The van der Waals surface area contributed by atoms with Gasteiger partial charge in [-0.05, 0) is 61.1 Å². The Morgan fingerprint density at radius 2 is 1.52 bits per heavy atom. The van der Waals surface area contributed by atoms with Crippen LogP contribution in [-0.2, 0) is 0 Å². The van der Waals surface area contributed by atoms with E-state index < -0.39 is 0 Å². The molecule has 0 aliphatic heterocycles. The third kappa shape index (κ3) is 8.12. The molecule has 6 nitrogen and oxygen atoms in total. The summed E-state index contributed by atoms with van der Waals surface area (Å²) in [6.07, 6.45) is 2.01. The van der Waals surface area contributed by atoms with E-state index in [9.17, 15) is 4.79 Å². The number of rotatable bonds is 11. The first-order valence-corrected chi connectivity index (χ1v) is 11.3. The van der Waals surface area contributed by atoms with Crippen LogP contribution < -0.4 is 24.8 Å². The number of carbonyl (C=O) groups excluding carboxylic acids is 1. The molecule has 3 aromatic carbocycles. The van der Waals surface area contributed by atoms with Gasteiger partial charge in [-0.25, -0.2) is 0 Å². The lowest BCUT2D eigenvalue weighted by Gasteiger charge is -2.14. The Morgan fingerprint density at radius 1 is 0.818 bits per heavy atom. The molecular weight excluding hydrogens is 436 g/mol. The molecule has 33 heavy (non-hydrogen) atoms. The molecule has 1 amide bonds. The summed E-state index contributed by atoms with van der Waals surface area (Å²) >= 11 is 5.33. The molecule has 3 aromatic rings. The maximum atomic E-state index is 12.7. The average Bonchev–Trinajstić information content (AvgIpc) is 2.84. The second-order valence-corrected chi connectivity index (χ2v) is 7.55. The summed E-state index contributed by atoms with van der Waals surface area (Å²) in [4.78, 5) is 12.7. The number of para-hydroxylation sites is 3. The summed E-state index contributed by atoms with van der Waals surface area (Å²) in [5.41, 5.74) is 1.14. The Hall–Kier alpha value is -3.58. The number of nitrogens with one attached hydrogen (secondary N) is 2. The Balaban J connectivity index is 1.49. The van der Waals surface area contributed by atoms with E-state index >= 15 is 0 Å². The number of thiocarbonyl (C=S) groups is 1. The van der Waals surface area contributed by atoms with Gasteiger partial charge in [0.2, 0.25) is 0 Å². The van der Waals surface area contributed by atoms with Crippen molar-refractivity contribution < 1.29 is 19.0 Å². The molecule has 3 rings (SSSR count). The monoisotopic (exact) mass is 464 g/mol. The molecule has 0 aliphatic rings. The lowest BCUT2D eigenvalue weighted by Crippen LogP contribution is -2.34. The maximum Gasteiger partial charge on any atom is 0.257 e. The minimum absolute atomic E-state index is 0.189. The summed E-state index contributed by atoms with van der Waals surface area (Å²) in [5, 5.41) is 5.93. The topological polar surface area (TPSA) is 68.8 Å². The molecule has 0 aromatic heterocycles. The fourth-order valence-electron chi connectivity index (χ4n) is 2.91. The predicted octanol–water partition coefficient (Wildman–Crippen LogP) is 5.45. The zero-order chi connectivity index (χ0) is 23.3. The largest absolute Gasteiger partial charge is 0.491 e. The third-order valence-corrected chi connectivity index (χ3v) is 4.78. The van der Waals surface area contributed by atoms with Crippen LogP contribution in [0.3, 0.4) is 0 Å². The lowest BCUT2D eigenvalue weighted by atomic mass is 10.2. The minimum Gasteiger partial charge on any atom is -0.491 e. The number of unbranched alkanes of at least 4 members (excludes halogenated alkanes) is 1. The van der Waals surface area contributed by atoms with Crippen LogP contribution in [0.25, 0.3) is 0 Å². The molecule has 0 saturated carbocycles. The van der Waals surface area contributed by atoms with E-state index in [0.29, 0.717) is 42.6 Å². The summed E-state index contributed by atoms with van der Waals surface area (Å²) in [6, 6.07) is 23.9. The summed E-state index contributed by atoms with van der Waals surface area (Å²) in [6.45, 7) is 3.48. The minimum atomic E-state index is -0.331. The zero-order valence-electron chi connectivity index (χ0n) is 18.6. The van der Waals surface area contributed by atoms with Crippen LogP contribution in [0.2, 0.25) is 0 Å². The Bertz CT molecular complexity index is 1040. The molecule has 172 valence electrons. The SMILES string of the molecule is CCCCOc1ccccc1NC(=S)NC(=O)c1cccc(OCCOc2ccccc2)c1. The van der Waals surface area contributed by atoms with Gasteiger partial charge in [0.05, 0.1) is 12.3 Å². The van der Waals surface area contributed by atoms with E-state index in [1.54, 1.807) is 24.3 Å². The number of hydrogen-bond acceptors (Lipinski definition) is 5. The summed E-state index contributed by atoms with van der Waals surface area (Å²) < 4.78 is 17.1. The van der Waals surface area contributed by atoms with Gasteiger partial charge >= 0.3 is 0 Å². The number of anilines is 1. The highest BCUT2D eigenvalue weighted by atomic mass is 32.1. The van der Waals surface area contributed by atoms with Gasteiger partial charge < -0.3 is 19.5 Å². The highest BCUT2D eigenvalue weighted by molar-refractivity contribution is 7.80. The maximum absolute atomic E-state index is 12.7. The molecule has 0 spiro atoms. The van der Waals surface area contributed by atoms with Gasteiger partial charge in [-0.15, -0.1) is 0 Å². The molecule has 7 heteroatoms. The first-order valence-electron chi connectivity index (χ1n) is 10.9. The third-order valence-electron chi connectivity index (χ3n) is 4.58. The normalized spacial score (nSPS) is 10.2. The van der Waals surface area contributed by atoms with Crippen LogP contribution in [-0.4, -0.2) is 30.8 Å². The molecule has 0 fully saturated rings. The fraction of sp³-hybridized carbons (Fsp3) is 0.231. The molecule has 2 N–H and O–H groups in total. The van der Waals surface area contributed by atoms with Crippen molar-refractivity contribution in [1.29, 1.82) is 0 Å². The fourth-order valence-corrected chi connectivity index (χ4v) is 3.12. The van der Waals surface area contributed by atoms with Gasteiger partial charge in [-0.1, -0.05) is 49.7 Å². The van der Waals surface area contributed by atoms with E-state index in [1.807, 2.05) is 54.6 Å². The van der Waals surface area contributed by atoms with Gasteiger partial charge in [0, 0.05) is 5.56 Å². The molecular formula is C26H28N2O4S. The van der Waals surface area contributed by atoms with Crippen molar-refractivity contribution in [3.05, 3.63) is 84.4 Å². The van der Waals surface area contributed by atoms with Gasteiger partial charge in [0.1, 0.15) is 30.5 Å². The van der Waals surface area contributed by atoms with E-state index in [2.05, 4.69) is 17.6 Å². The van der Waals surface area contributed by atoms with Crippen LogP contribution in [0, 0.1) is 0 Å². The molecule has 0 heterocycles. The van der Waals surface area contributed by atoms with Crippen molar-refractivity contribution in [2.24, 2.45) is 0 Å². The number of hydrogen-bond donors (Lipinski definition) is 2. The van der Waals surface area contributed by atoms with Crippen LogP contribution in [0.4, 0.5) is 5.69 Å². The van der Waals surface area contributed by atoms with Crippen molar-refractivity contribution in [2.45, 2.75) is 19.8 Å². The number of amides is 1. The second kappa shape index (κ2) is 13.1. The van der Waals surface area contributed by atoms with Crippen molar-refractivity contribution >= 4 is 28.9 Å². The highest BCUT2D eigenvalue weighted by Crippen LogP contribution is 2.24. The quantitative estimate of drug-likeness (QED) is 0.291. The van der Waals surface area contributed by atoms with E-state index in [0.717, 1.165) is 18.6 Å². The first-order chi connectivity index (χ1) is 16.2. The molecule has 0 saturated heterocycles. The highest BCUT2D eigenvalue weighted by Gasteiger charge is 2.11. The van der Waals surface area contributed by atoms with E-state index in [4.69, 9.17) is 26.4 Å². The van der Waals surface area contributed by atoms with Gasteiger partial charge in [0.25, 0.3) is 5.91 Å². The van der Waals surface area contributed by atoms with Crippen LogP contribution in [0.15, 0.2) is 78.9 Å². The smallest absolute Gasteiger partial charge is 0.257 e. The number of carbonyl (C=O) groups is 1. The van der Waals surface area contributed by atoms with Crippen LogP contribution in [0.5, 0.6) is 17.2 Å². The molecule has 0 aliphatic carbocycles. The Morgan fingerprint density at radius 3 is 2.30 bits per heavy atom. The first kappa shape index (κ1) is 24.1. The van der Waals surface area contributed by atoms with E-state index in [1.165, 1.54) is 0 Å². The Labute approximate surface area is 199 Å². The second-order valence-electron chi connectivity index (χ2n) is 7.14. The number of benzene rings is 3. The van der Waals surface area contributed by atoms with Gasteiger partial charge in [-0.3, -0.25) is 10.1 Å². The van der Waals surface area contributed by atoms with Gasteiger partial charge in [0.15, 0.2) is 5.11 Å². The van der Waals surface area contributed by atoms with Crippen molar-refractivity contribution in [3.8, 4) is 17.2 Å². The Kier molecular flexibility index (Phi) is 9.54. The molecule has 0 bridgehead atoms. The lowest BCUT2D eigenvalue weighted by molar-refractivity contribution is 0.0977. The molecule has 0 radical (unpaired) electrons. The van der Waals surface area contributed by atoms with E-state index in [-0.39, 0.29) is 11.0 Å². The van der Waals surface area contributed by atoms with Crippen molar-refractivity contribution in [1.82, 2.24) is 5.32 Å². The summed E-state index contributed by atoms with van der Waals surface area (Å²) in [7, 11) is 0. The molecule has 0 atom stereocenters. The zero-order valence-corrected chi connectivity index (χ0v) is 19.4. The average molecular weight is 465 g/mol. The predicted molar refractivity (Wildman–Crippen MR) is 134 cm³/mol. The van der Waals surface area contributed by atoms with Crippen molar-refractivity contribution in [2.75, 3.05) is 25.1 Å². The molecule has 0 unspecified atom stereocenters. The number of ether oxygens (including phenoxy) is 3. The van der Waals surface area contributed by atoms with Crippen LogP contribution >= 0.6 is 12.2 Å². The van der Waals surface area contributed by atoms with Crippen molar-refractivity contribution in [3.63, 3.8) is 0 Å². The van der Waals surface area contributed by atoms with Crippen LogP contribution in [0.1, 0.15) is 30.1 Å². The van der Waals surface area contributed by atoms with Gasteiger partial charge in [-0.2, -0.15) is 0 Å². The standard InChI is InChI=1S/C26H28N2O4S/c1-2-3-16-32-24-15-8-7-14-23(24)27-26(33)28-25(29)20-10-9-13-22(19-20)31-18-17-30-21-11-5-4-6-12-21/h4-15,19H,2-3,16-18H2,1H3,(H2,27,28,29,33).